The average molecular weight is 522 g/mol. The van der Waals surface area contributed by atoms with E-state index in [2.05, 4.69) is 0 Å². The monoisotopic (exact) mass is 521 g/mol. The molecule has 2 atom stereocenters. The van der Waals surface area contributed by atoms with Crippen molar-refractivity contribution < 1.29 is 38.1 Å². The summed E-state index contributed by atoms with van der Waals surface area (Å²) in [6, 6.07) is 4.63. The summed E-state index contributed by atoms with van der Waals surface area (Å²) >= 11 is 0. The van der Waals surface area contributed by atoms with E-state index in [1.165, 1.54) is 19.2 Å². The van der Waals surface area contributed by atoms with Crippen molar-refractivity contribution in [2.75, 3.05) is 13.7 Å². The number of nitrogens with two attached hydrogens (primary N) is 1. The molecule has 1 unspecified atom stereocenters. The Morgan fingerprint density at radius 1 is 0.892 bits per heavy atom. The minimum absolute atomic E-state index is 0.00466. The lowest BCUT2D eigenvalue weighted by Gasteiger charge is -2.27. The van der Waals surface area contributed by atoms with Crippen LogP contribution in [-0.4, -0.2) is 43.1 Å². The first-order valence-corrected chi connectivity index (χ1v) is 12.6. The molecule has 0 bridgehead atoms. The van der Waals surface area contributed by atoms with Crippen molar-refractivity contribution in [2.45, 2.75) is 86.6 Å². The Morgan fingerprint density at radius 2 is 1.43 bits per heavy atom. The predicted octanol–water partition coefficient (Wildman–Crippen LogP) is 4.37. The van der Waals surface area contributed by atoms with E-state index >= 15 is 0 Å². The Bertz CT molecular complexity index is 973. The minimum atomic E-state index is -1.52. The van der Waals surface area contributed by atoms with E-state index in [-0.39, 0.29) is 42.8 Å². The second-order valence-corrected chi connectivity index (χ2v) is 11.5. The number of carbonyl (C=O) groups excluding carboxylic acids is 4. The second-order valence-electron chi connectivity index (χ2n) is 11.5. The number of methoxy groups -OCH3 is 1. The molecule has 9 nitrogen and oxygen atoms in total. The molecule has 0 amide bonds. The van der Waals surface area contributed by atoms with Crippen LogP contribution in [0.3, 0.4) is 0 Å². The maximum absolute atomic E-state index is 12.6. The average Bonchev–Trinajstić information content (AvgIpc) is 2.78. The van der Waals surface area contributed by atoms with Gasteiger partial charge in [-0.1, -0.05) is 26.3 Å². The van der Waals surface area contributed by atoms with Gasteiger partial charge in [-0.05, 0) is 65.7 Å². The van der Waals surface area contributed by atoms with Gasteiger partial charge in [0.1, 0.15) is 5.54 Å². The molecule has 0 saturated carbocycles. The number of benzene rings is 1. The number of ether oxygens (including phenoxy) is 4. The molecule has 1 rings (SSSR count). The highest BCUT2D eigenvalue weighted by Gasteiger charge is 2.36. The quantitative estimate of drug-likeness (QED) is 0.333. The molecule has 37 heavy (non-hydrogen) atoms. The molecule has 0 aliphatic carbocycles. The van der Waals surface area contributed by atoms with E-state index in [9.17, 15) is 19.2 Å². The molecule has 9 heteroatoms. The van der Waals surface area contributed by atoms with Gasteiger partial charge >= 0.3 is 23.9 Å². The van der Waals surface area contributed by atoms with Crippen molar-refractivity contribution in [3.63, 3.8) is 0 Å². The highest BCUT2D eigenvalue weighted by molar-refractivity contribution is 5.82. The molecule has 0 aromatic heterocycles. The van der Waals surface area contributed by atoms with Crippen molar-refractivity contribution in [3.05, 3.63) is 23.8 Å². The third-order valence-corrected chi connectivity index (χ3v) is 5.67. The van der Waals surface area contributed by atoms with Crippen molar-refractivity contribution >= 4 is 23.9 Å². The zero-order valence-electron chi connectivity index (χ0n) is 23.7. The van der Waals surface area contributed by atoms with Gasteiger partial charge < -0.3 is 24.7 Å². The summed E-state index contributed by atoms with van der Waals surface area (Å²) < 4.78 is 21.4. The maximum atomic E-state index is 12.6. The molecule has 0 saturated heterocycles. The maximum Gasteiger partial charge on any atom is 0.326 e. The van der Waals surface area contributed by atoms with Crippen molar-refractivity contribution in [1.82, 2.24) is 0 Å². The van der Waals surface area contributed by atoms with Crippen LogP contribution in [0, 0.1) is 16.7 Å². The Kier molecular flexibility index (Phi) is 11.3. The van der Waals surface area contributed by atoms with E-state index in [1.807, 2.05) is 6.92 Å². The van der Waals surface area contributed by atoms with E-state index in [1.54, 1.807) is 54.5 Å². The third kappa shape index (κ3) is 9.80. The summed E-state index contributed by atoms with van der Waals surface area (Å²) in [5.41, 5.74) is 3.86. The summed E-state index contributed by atoms with van der Waals surface area (Å²) in [5.74, 6) is -2.22. The fourth-order valence-electron chi connectivity index (χ4n) is 3.19. The Balaban J connectivity index is 3.24. The van der Waals surface area contributed by atoms with Crippen LogP contribution in [-0.2, 0) is 35.1 Å². The largest absolute Gasteiger partial charge is 0.468 e. The zero-order chi connectivity index (χ0) is 28.6. The Labute approximate surface area is 220 Å². The number of hydrogen-bond acceptors (Lipinski definition) is 9. The van der Waals surface area contributed by atoms with Crippen molar-refractivity contribution in [3.8, 4) is 11.5 Å². The number of esters is 4. The fourth-order valence-corrected chi connectivity index (χ4v) is 3.19. The normalized spacial score (nSPS) is 14.2. The zero-order valence-corrected chi connectivity index (χ0v) is 23.7. The first kappa shape index (κ1) is 32.1. The standard InChI is InChI=1S/C28H43NO8/c1-10-11-18(2)22(30)35-15-14-28(29,25(33)34-9)17-19-12-13-20(36-23(31)26(3,4)5)21(16-19)37-24(32)27(6,7)8/h12-13,16,18H,10-11,14-15,17,29H2,1-9H3/t18?,28-/m1/s1. The molecule has 0 radical (unpaired) electrons. The van der Waals surface area contributed by atoms with Crippen LogP contribution < -0.4 is 15.2 Å². The molecule has 2 N–H and O–H groups in total. The van der Waals surface area contributed by atoms with Gasteiger partial charge in [0.25, 0.3) is 0 Å². The van der Waals surface area contributed by atoms with Crippen LogP contribution in [0.5, 0.6) is 11.5 Å². The van der Waals surface area contributed by atoms with Gasteiger partial charge in [-0.25, -0.2) is 0 Å². The molecule has 0 aliphatic heterocycles. The summed E-state index contributed by atoms with van der Waals surface area (Å²) in [7, 11) is 1.23. The van der Waals surface area contributed by atoms with E-state index in [0.29, 0.717) is 12.0 Å². The topological polar surface area (TPSA) is 131 Å². The van der Waals surface area contributed by atoms with Crippen LogP contribution in [0.25, 0.3) is 0 Å². The summed E-state index contributed by atoms with van der Waals surface area (Å²) in [4.78, 5) is 49.9. The summed E-state index contributed by atoms with van der Waals surface area (Å²) in [6.07, 6.45) is 1.56. The lowest BCUT2D eigenvalue weighted by molar-refractivity contribution is -0.153. The highest BCUT2D eigenvalue weighted by Crippen LogP contribution is 2.34. The van der Waals surface area contributed by atoms with E-state index in [4.69, 9.17) is 24.7 Å². The minimum Gasteiger partial charge on any atom is -0.468 e. The molecule has 0 aliphatic rings. The molecule has 0 heterocycles. The van der Waals surface area contributed by atoms with Crippen molar-refractivity contribution in [2.24, 2.45) is 22.5 Å². The van der Waals surface area contributed by atoms with Gasteiger partial charge in [-0.3, -0.25) is 19.2 Å². The predicted molar refractivity (Wildman–Crippen MR) is 139 cm³/mol. The van der Waals surface area contributed by atoms with Gasteiger partial charge in [0.15, 0.2) is 11.5 Å². The number of hydrogen-bond donors (Lipinski definition) is 1. The van der Waals surface area contributed by atoms with Gasteiger partial charge in [-0.2, -0.15) is 0 Å². The Hall–Kier alpha value is -2.94. The van der Waals surface area contributed by atoms with Crippen molar-refractivity contribution in [1.29, 1.82) is 0 Å². The molecule has 0 spiro atoms. The van der Waals surface area contributed by atoms with Crippen LogP contribution in [0.2, 0.25) is 0 Å². The molecule has 1 aromatic rings. The molecular formula is C28H43NO8. The first-order chi connectivity index (χ1) is 16.9. The number of rotatable bonds is 11. The summed E-state index contributed by atoms with van der Waals surface area (Å²) in [6.45, 7) is 13.9. The second kappa shape index (κ2) is 13.0. The van der Waals surface area contributed by atoms with Gasteiger partial charge in [0.2, 0.25) is 0 Å². The smallest absolute Gasteiger partial charge is 0.326 e. The lowest BCUT2D eigenvalue weighted by atomic mass is 9.88. The third-order valence-electron chi connectivity index (χ3n) is 5.67. The molecular weight excluding hydrogens is 478 g/mol. The molecule has 208 valence electrons. The van der Waals surface area contributed by atoms with E-state index < -0.39 is 34.3 Å². The van der Waals surface area contributed by atoms with Crippen LogP contribution in [0.4, 0.5) is 0 Å². The molecule has 0 fully saturated rings. The SMILES string of the molecule is CCCC(C)C(=O)OCC[C@@](N)(Cc1ccc(OC(=O)C(C)(C)C)c(OC(=O)C(C)(C)C)c1)C(=O)OC. The van der Waals surface area contributed by atoms with Gasteiger partial charge in [0.05, 0.1) is 30.5 Å². The number of carbonyl (C=O) groups is 4. The van der Waals surface area contributed by atoms with E-state index in [0.717, 1.165) is 6.42 Å². The summed E-state index contributed by atoms with van der Waals surface area (Å²) in [5, 5.41) is 0. The highest BCUT2D eigenvalue weighted by atomic mass is 16.6. The Morgan fingerprint density at radius 3 is 1.92 bits per heavy atom. The molecule has 1 aromatic carbocycles. The van der Waals surface area contributed by atoms with Crippen LogP contribution >= 0.6 is 0 Å². The van der Waals surface area contributed by atoms with Crippen LogP contribution in [0.1, 0.15) is 80.2 Å². The van der Waals surface area contributed by atoms with Crippen LogP contribution in [0.15, 0.2) is 18.2 Å². The lowest BCUT2D eigenvalue weighted by Crippen LogP contribution is -2.51. The fraction of sp³-hybridized carbons (Fsp3) is 0.643. The first-order valence-electron chi connectivity index (χ1n) is 12.6. The van der Waals surface area contributed by atoms with Gasteiger partial charge in [0, 0.05) is 12.8 Å². The van der Waals surface area contributed by atoms with Gasteiger partial charge in [-0.15, -0.1) is 0 Å².